The molecule has 1 aliphatic heterocycles. The van der Waals surface area contributed by atoms with Crippen LogP contribution in [0.25, 0.3) is 10.9 Å². The lowest BCUT2D eigenvalue weighted by Gasteiger charge is -2.30. The van der Waals surface area contributed by atoms with Crippen LogP contribution in [0.4, 0.5) is 0 Å². The van der Waals surface area contributed by atoms with E-state index in [0.717, 1.165) is 38.0 Å². The van der Waals surface area contributed by atoms with Crippen molar-refractivity contribution in [1.82, 2.24) is 9.88 Å². The van der Waals surface area contributed by atoms with Crippen LogP contribution in [0.2, 0.25) is 0 Å². The topological polar surface area (TPSA) is 42.1 Å². The molecule has 2 N–H and O–H groups in total. The summed E-state index contributed by atoms with van der Waals surface area (Å²) in [6, 6.07) is 10.9. The van der Waals surface area contributed by atoms with Crippen molar-refractivity contribution in [2.45, 2.75) is 25.4 Å². The number of pyridine rings is 1. The minimum absolute atomic E-state index is 0. The van der Waals surface area contributed by atoms with Crippen LogP contribution in [0.1, 0.15) is 18.4 Å². The first-order valence-corrected chi connectivity index (χ1v) is 6.63. The van der Waals surface area contributed by atoms with E-state index in [4.69, 9.17) is 5.73 Å². The molecule has 3 nitrogen and oxygen atoms in total. The first-order chi connectivity index (χ1) is 8.83. The number of para-hydroxylation sites is 1. The van der Waals surface area contributed by atoms with Crippen LogP contribution in [-0.4, -0.2) is 29.0 Å². The molecule has 0 atom stereocenters. The summed E-state index contributed by atoms with van der Waals surface area (Å²) in [5.74, 6) is 0. The molecule has 0 unspecified atom stereocenters. The second-order valence-electron chi connectivity index (χ2n) is 5.11. The highest BCUT2D eigenvalue weighted by Crippen LogP contribution is 2.19. The number of fused-ring (bicyclic) bond motifs is 1. The number of rotatable bonds is 2. The van der Waals surface area contributed by atoms with Gasteiger partial charge in [-0.1, -0.05) is 24.3 Å². The molecule has 1 saturated heterocycles. The zero-order valence-corrected chi connectivity index (χ0v) is 11.8. The predicted octanol–water partition coefficient (Wildman–Crippen LogP) is 2.58. The van der Waals surface area contributed by atoms with Crippen LogP contribution in [-0.2, 0) is 6.54 Å². The minimum Gasteiger partial charge on any atom is -0.328 e. The number of hydrogen-bond donors (Lipinski definition) is 1. The average Bonchev–Trinajstić information content (AvgIpc) is 2.42. The Hall–Kier alpha value is -1.16. The molecule has 1 fully saturated rings. The van der Waals surface area contributed by atoms with Gasteiger partial charge in [-0.2, -0.15) is 0 Å². The molecule has 4 heteroatoms. The van der Waals surface area contributed by atoms with Crippen molar-refractivity contribution in [2.24, 2.45) is 5.73 Å². The number of halogens is 1. The third-order valence-corrected chi connectivity index (χ3v) is 3.74. The molecule has 1 aromatic carbocycles. The van der Waals surface area contributed by atoms with Crippen molar-refractivity contribution in [1.29, 1.82) is 0 Å². The van der Waals surface area contributed by atoms with Crippen molar-refractivity contribution < 1.29 is 0 Å². The van der Waals surface area contributed by atoms with E-state index in [1.807, 2.05) is 12.3 Å². The van der Waals surface area contributed by atoms with E-state index >= 15 is 0 Å². The zero-order chi connectivity index (χ0) is 12.4. The van der Waals surface area contributed by atoms with E-state index in [2.05, 4.69) is 34.1 Å². The normalized spacial score (nSPS) is 17.3. The van der Waals surface area contributed by atoms with Crippen LogP contribution >= 0.6 is 12.4 Å². The van der Waals surface area contributed by atoms with Gasteiger partial charge in [0, 0.05) is 24.2 Å². The van der Waals surface area contributed by atoms with Crippen LogP contribution in [0.5, 0.6) is 0 Å². The molecule has 2 aromatic rings. The monoisotopic (exact) mass is 277 g/mol. The smallest absolute Gasteiger partial charge is 0.0746 e. The van der Waals surface area contributed by atoms with Gasteiger partial charge in [0.1, 0.15) is 0 Å². The van der Waals surface area contributed by atoms with E-state index < -0.39 is 0 Å². The summed E-state index contributed by atoms with van der Waals surface area (Å²) in [4.78, 5) is 6.99. The Morgan fingerprint density at radius 2 is 1.89 bits per heavy atom. The lowest BCUT2D eigenvalue weighted by molar-refractivity contribution is 0.206. The Morgan fingerprint density at radius 1 is 1.16 bits per heavy atom. The van der Waals surface area contributed by atoms with E-state index in [1.165, 1.54) is 10.9 Å². The molecule has 0 spiro atoms. The largest absolute Gasteiger partial charge is 0.328 e. The van der Waals surface area contributed by atoms with Gasteiger partial charge < -0.3 is 5.73 Å². The molecule has 2 heterocycles. The van der Waals surface area contributed by atoms with Crippen molar-refractivity contribution in [3.8, 4) is 0 Å². The molecule has 0 amide bonds. The molecule has 3 rings (SSSR count). The van der Waals surface area contributed by atoms with Gasteiger partial charge in [-0.25, -0.2) is 0 Å². The van der Waals surface area contributed by atoms with E-state index in [1.54, 1.807) is 0 Å². The lowest BCUT2D eigenvalue weighted by atomic mass is 10.0. The fourth-order valence-corrected chi connectivity index (χ4v) is 2.65. The van der Waals surface area contributed by atoms with Crippen molar-refractivity contribution in [3.63, 3.8) is 0 Å². The summed E-state index contributed by atoms with van der Waals surface area (Å²) in [5.41, 5.74) is 8.40. The molecule has 0 saturated carbocycles. The van der Waals surface area contributed by atoms with Crippen molar-refractivity contribution >= 4 is 23.3 Å². The maximum absolute atomic E-state index is 5.94. The quantitative estimate of drug-likeness (QED) is 0.917. The molecule has 19 heavy (non-hydrogen) atoms. The second-order valence-corrected chi connectivity index (χ2v) is 5.11. The molecular weight excluding hydrogens is 258 g/mol. The van der Waals surface area contributed by atoms with Gasteiger partial charge in [-0.15, -0.1) is 12.4 Å². The Balaban J connectivity index is 0.00000133. The van der Waals surface area contributed by atoms with Gasteiger partial charge in [0.25, 0.3) is 0 Å². The molecule has 0 aliphatic carbocycles. The number of likely N-dealkylation sites (tertiary alicyclic amines) is 1. The third kappa shape index (κ3) is 3.24. The second kappa shape index (κ2) is 6.33. The maximum Gasteiger partial charge on any atom is 0.0746 e. The van der Waals surface area contributed by atoms with Crippen molar-refractivity contribution in [3.05, 3.63) is 42.1 Å². The summed E-state index contributed by atoms with van der Waals surface area (Å²) in [5, 5.41) is 1.23. The highest BCUT2D eigenvalue weighted by atomic mass is 35.5. The average molecular weight is 278 g/mol. The van der Waals surface area contributed by atoms with Gasteiger partial charge in [0.15, 0.2) is 0 Å². The summed E-state index contributed by atoms with van der Waals surface area (Å²) in [6.07, 6.45) is 4.09. The summed E-state index contributed by atoms with van der Waals surface area (Å²) < 4.78 is 0. The Bertz CT molecular complexity index is 530. The number of hydrogen-bond acceptors (Lipinski definition) is 3. The predicted molar refractivity (Wildman–Crippen MR) is 81.5 cm³/mol. The number of nitrogens with two attached hydrogens (primary N) is 1. The summed E-state index contributed by atoms with van der Waals surface area (Å²) in [7, 11) is 0. The van der Waals surface area contributed by atoms with Gasteiger partial charge in [-0.3, -0.25) is 9.88 Å². The number of benzene rings is 1. The summed E-state index contributed by atoms with van der Waals surface area (Å²) in [6.45, 7) is 3.19. The highest BCUT2D eigenvalue weighted by Gasteiger charge is 2.16. The zero-order valence-electron chi connectivity index (χ0n) is 11.0. The Labute approximate surface area is 120 Å². The Kier molecular flexibility index (Phi) is 4.75. The fourth-order valence-electron chi connectivity index (χ4n) is 2.65. The van der Waals surface area contributed by atoms with E-state index in [9.17, 15) is 0 Å². The molecule has 1 aromatic heterocycles. The van der Waals surface area contributed by atoms with E-state index in [0.29, 0.717) is 6.04 Å². The van der Waals surface area contributed by atoms with E-state index in [-0.39, 0.29) is 12.4 Å². The van der Waals surface area contributed by atoms with Crippen LogP contribution < -0.4 is 5.73 Å². The standard InChI is InChI=1S/C15H19N3.ClH/c16-14-6-9-18(10-7-14)11-13-4-1-3-12-5-2-8-17-15(12)13;/h1-5,8,14H,6-7,9-11,16H2;1H. The Morgan fingerprint density at radius 3 is 2.68 bits per heavy atom. The first-order valence-electron chi connectivity index (χ1n) is 6.63. The first kappa shape index (κ1) is 14.3. The third-order valence-electron chi connectivity index (χ3n) is 3.74. The summed E-state index contributed by atoms with van der Waals surface area (Å²) >= 11 is 0. The lowest BCUT2D eigenvalue weighted by Crippen LogP contribution is -2.39. The van der Waals surface area contributed by atoms with Gasteiger partial charge in [-0.05, 0) is 37.6 Å². The molecule has 0 radical (unpaired) electrons. The SMILES string of the molecule is Cl.NC1CCN(Cc2cccc3cccnc23)CC1. The molecular formula is C15H20ClN3. The fraction of sp³-hybridized carbons (Fsp3) is 0.400. The van der Waals surface area contributed by atoms with Gasteiger partial charge >= 0.3 is 0 Å². The maximum atomic E-state index is 5.94. The van der Waals surface area contributed by atoms with Crippen LogP contribution in [0, 0.1) is 0 Å². The van der Waals surface area contributed by atoms with Gasteiger partial charge in [0.05, 0.1) is 5.52 Å². The number of aromatic nitrogens is 1. The number of nitrogens with zero attached hydrogens (tertiary/aromatic N) is 2. The molecule has 102 valence electrons. The molecule has 1 aliphatic rings. The minimum atomic E-state index is 0. The van der Waals surface area contributed by atoms with Gasteiger partial charge in [0.2, 0.25) is 0 Å². The molecule has 0 bridgehead atoms. The number of piperidine rings is 1. The highest BCUT2D eigenvalue weighted by molar-refractivity contribution is 5.85. The van der Waals surface area contributed by atoms with Crippen LogP contribution in [0.3, 0.4) is 0 Å². The van der Waals surface area contributed by atoms with Crippen LogP contribution in [0.15, 0.2) is 36.5 Å². The van der Waals surface area contributed by atoms with Crippen molar-refractivity contribution in [2.75, 3.05) is 13.1 Å².